The van der Waals surface area contributed by atoms with Gasteiger partial charge in [-0.05, 0) is 80.4 Å². The van der Waals surface area contributed by atoms with E-state index < -0.39 is 17.7 Å². The van der Waals surface area contributed by atoms with E-state index >= 15 is 0 Å². The average molecular weight is 508 g/mol. The number of phenols is 1. The number of aliphatic hydroxyl groups excluding tert-OH is 1. The third kappa shape index (κ3) is 4.62. The number of hydrogen-bond donors (Lipinski definition) is 2. The minimum atomic E-state index is -1.01. The molecule has 1 heterocycles. The second kappa shape index (κ2) is 9.95. The second-order valence-electron chi connectivity index (χ2n) is 8.73. The fourth-order valence-corrected chi connectivity index (χ4v) is 4.50. The van der Waals surface area contributed by atoms with Gasteiger partial charge in [-0.25, -0.2) is 0 Å². The number of benzene rings is 3. The number of aromatic hydroxyl groups is 1. The zero-order valence-electron chi connectivity index (χ0n) is 20.3. The van der Waals surface area contributed by atoms with Gasteiger partial charge in [0.25, 0.3) is 11.7 Å². The van der Waals surface area contributed by atoms with Crippen LogP contribution in [-0.2, 0) is 9.59 Å². The number of aryl methyl sites for hydroxylation is 1. The summed E-state index contributed by atoms with van der Waals surface area (Å²) in [5, 5.41) is 21.7. The Morgan fingerprint density at radius 3 is 2.36 bits per heavy atom. The molecule has 4 rings (SSSR count). The number of amides is 1. The summed E-state index contributed by atoms with van der Waals surface area (Å²) in [5.74, 6) is -1.00. The number of Topliss-reactive ketones (excluding diaryl/α,β-unsaturated/α-hetero) is 1. The minimum absolute atomic E-state index is 0.0319. The molecule has 36 heavy (non-hydrogen) atoms. The Morgan fingerprint density at radius 2 is 1.75 bits per heavy atom. The van der Waals surface area contributed by atoms with E-state index in [2.05, 4.69) is 0 Å². The number of phenolic OH excluding ortho intramolecular Hbond substituents is 1. The first-order chi connectivity index (χ1) is 17.1. The summed E-state index contributed by atoms with van der Waals surface area (Å²) in [7, 11) is 1.47. The predicted molar refractivity (Wildman–Crippen MR) is 138 cm³/mol. The van der Waals surface area contributed by atoms with Gasteiger partial charge in [0.05, 0.1) is 29.9 Å². The molecule has 0 radical (unpaired) electrons. The largest absolute Gasteiger partial charge is 0.508 e. The van der Waals surface area contributed by atoms with Gasteiger partial charge in [-0.15, -0.1) is 0 Å². The summed E-state index contributed by atoms with van der Waals surface area (Å²) in [6, 6.07) is 15.0. The van der Waals surface area contributed by atoms with Crippen molar-refractivity contribution in [2.24, 2.45) is 0 Å². The van der Waals surface area contributed by atoms with Crippen LogP contribution >= 0.6 is 11.6 Å². The number of nitrogens with zero attached hydrogens (tertiary/aromatic N) is 1. The van der Waals surface area contributed by atoms with Gasteiger partial charge in [0.2, 0.25) is 0 Å². The molecule has 0 bridgehead atoms. The molecule has 1 saturated heterocycles. The maximum atomic E-state index is 13.3. The number of anilines is 1. The highest BCUT2D eigenvalue weighted by molar-refractivity contribution is 6.51. The van der Waals surface area contributed by atoms with Crippen LogP contribution in [0.25, 0.3) is 5.76 Å². The monoisotopic (exact) mass is 507 g/mol. The predicted octanol–water partition coefficient (Wildman–Crippen LogP) is 5.78. The lowest BCUT2D eigenvalue weighted by atomic mass is 9.94. The first kappa shape index (κ1) is 25.1. The van der Waals surface area contributed by atoms with Gasteiger partial charge in [-0.3, -0.25) is 14.5 Å². The molecule has 0 spiro atoms. The van der Waals surface area contributed by atoms with E-state index in [0.29, 0.717) is 28.3 Å². The standard InChI is InChI=1S/C28H26ClNO6/c1-15(2)36-22-10-8-18(12-16(22)3)26(32)24-25(17-6-5-7-20(31)13-17)30(28(34)27(24)33)19-9-11-23(35-4)21(29)14-19/h5-15,25,31-32H,1-4H3/b26-24+. The Balaban J connectivity index is 1.90. The smallest absolute Gasteiger partial charge is 0.300 e. The van der Waals surface area contributed by atoms with E-state index in [0.717, 1.165) is 5.56 Å². The normalized spacial score (nSPS) is 17.1. The molecule has 0 aromatic heterocycles. The van der Waals surface area contributed by atoms with Crippen LogP contribution in [0.1, 0.15) is 36.6 Å². The molecule has 1 fully saturated rings. The van der Waals surface area contributed by atoms with Gasteiger partial charge < -0.3 is 19.7 Å². The highest BCUT2D eigenvalue weighted by Crippen LogP contribution is 2.44. The van der Waals surface area contributed by atoms with Crippen molar-refractivity contribution in [3.63, 3.8) is 0 Å². The van der Waals surface area contributed by atoms with E-state index in [1.54, 1.807) is 42.5 Å². The molecule has 0 aliphatic carbocycles. The fraction of sp³-hybridized carbons (Fsp3) is 0.214. The number of methoxy groups -OCH3 is 1. The summed E-state index contributed by atoms with van der Waals surface area (Å²) in [5.41, 5.74) is 1.80. The Labute approximate surface area is 214 Å². The van der Waals surface area contributed by atoms with Crippen LogP contribution in [0.15, 0.2) is 66.2 Å². The molecule has 7 nitrogen and oxygen atoms in total. The van der Waals surface area contributed by atoms with Crippen LogP contribution < -0.4 is 14.4 Å². The topological polar surface area (TPSA) is 96.3 Å². The fourth-order valence-electron chi connectivity index (χ4n) is 4.25. The Hall–Kier alpha value is -3.97. The third-order valence-corrected chi connectivity index (χ3v) is 6.15. The van der Waals surface area contributed by atoms with Crippen LogP contribution in [0.4, 0.5) is 5.69 Å². The maximum Gasteiger partial charge on any atom is 0.300 e. The summed E-state index contributed by atoms with van der Waals surface area (Å²) in [6.07, 6.45) is -0.0319. The number of ketones is 1. The summed E-state index contributed by atoms with van der Waals surface area (Å²) in [4.78, 5) is 27.9. The van der Waals surface area contributed by atoms with Gasteiger partial charge in [0.1, 0.15) is 23.0 Å². The quantitative estimate of drug-likeness (QED) is 0.249. The van der Waals surface area contributed by atoms with Crippen molar-refractivity contribution in [2.45, 2.75) is 32.9 Å². The molecule has 1 aliphatic rings. The number of ether oxygens (including phenoxy) is 2. The molecular formula is C28H26ClNO6. The van der Waals surface area contributed by atoms with Crippen LogP contribution in [0, 0.1) is 6.92 Å². The lowest BCUT2D eigenvalue weighted by Gasteiger charge is -2.26. The van der Waals surface area contributed by atoms with Gasteiger partial charge in [-0.2, -0.15) is 0 Å². The van der Waals surface area contributed by atoms with Crippen molar-refractivity contribution in [2.75, 3.05) is 12.0 Å². The molecule has 1 unspecified atom stereocenters. The van der Waals surface area contributed by atoms with Crippen molar-refractivity contribution in [3.05, 3.63) is 87.9 Å². The van der Waals surface area contributed by atoms with Gasteiger partial charge in [-0.1, -0.05) is 23.7 Å². The van der Waals surface area contributed by atoms with Crippen molar-refractivity contribution in [3.8, 4) is 17.2 Å². The highest BCUT2D eigenvalue weighted by Gasteiger charge is 2.47. The molecule has 186 valence electrons. The molecule has 2 N–H and O–H groups in total. The van der Waals surface area contributed by atoms with Gasteiger partial charge in [0.15, 0.2) is 0 Å². The minimum Gasteiger partial charge on any atom is -0.508 e. The number of halogens is 1. The lowest BCUT2D eigenvalue weighted by molar-refractivity contribution is -0.132. The first-order valence-corrected chi connectivity index (χ1v) is 11.7. The number of carbonyl (C=O) groups is 2. The second-order valence-corrected chi connectivity index (χ2v) is 9.14. The number of carbonyl (C=O) groups excluding carboxylic acids is 2. The lowest BCUT2D eigenvalue weighted by Crippen LogP contribution is -2.29. The molecule has 3 aromatic rings. The molecule has 1 aliphatic heterocycles. The number of rotatable bonds is 6. The third-order valence-electron chi connectivity index (χ3n) is 5.85. The highest BCUT2D eigenvalue weighted by atomic mass is 35.5. The number of aliphatic hydroxyl groups is 1. The Bertz CT molecular complexity index is 1380. The van der Waals surface area contributed by atoms with Gasteiger partial charge >= 0.3 is 0 Å². The first-order valence-electron chi connectivity index (χ1n) is 11.3. The molecule has 0 saturated carbocycles. The van der Waals surface area contributed by atoms with E-state index in [1.807, 2.05) is 20.8 Å². The summed E-state index contributed by atoms with van der Waals surface area (Å²) in [6.45, 7) is 5.66. The molecule has 8 heteroatoms. The van der Waals surface area contributed by atoms with Crippen molar-refractivity contribution >= 4 is 34.7 Å². The van der Waals surface area contributed by atoms with Crippen LogP contribution in [0.5, 0.6) is 17.2 Å². The molecule has 1 atom stereocenters. The number of hydrogen-bond acceptors (Lipinski definition) is 6. The van der Waals surface area contributed by atoms with E-state index in [9.17, 15) is 19.8 Å². The van der Waals surface area contributed by atoms with E-state index in [4.69, 9.17) is 21.1 Å². The van der Waals surface area contributed by atoms with Crippen molar-refractivity contribution < 1.29 is 29.3 Å². The molecular weight excluding hydrogens is 482 g/mol. The van der Waals surface area contributed by atoms with Gasteiger partial charge in [0, 0.05) is 11.3 Å². The van der Waals surface area contributed by atoms with Crippen LogP contribution in [0.2, 0.25) is 5.02 Å². The Kier molecular flexibility index (Phi) is 6.95. The molecule has 3 aromatic carbocycles. The van der Waals surface area contributed by atoms with E-state index in [1.165, 1.54) is 30.2 Å². The van der Waals surface area contributed by atoms with Crippen LogP contribution in [0.3, 0.4) is 0 Å². The maximum absolute atomic E-state index is 13.3. The average Bonchev–Trinajstić information content (AvgIpc) is 3.10. The Morgan fingerprint density at radius 1 is 1.03 bits per heavy atom. The SMILES string of the molecule is COc1ccc(N2C(=O)C(=O)/C(=C(/O)c3ccc(OC(C)C)c(C)c3)C2c2cccc(O)c2)cc1Cl. The zero-order chi connectivity index (χ0) is 26.1. The van der Waals surface area contributed by atoms with E-state index in [-0.39, 0.29) is 28.2 Å². The van der Waals surface area contributed by atoms with Crippen molar-refractivity contribution in [1.82, 2.24) is 0 Å². The van der Waals surface area contributed by atoms with Crippen molar-refractivity contribution in [1.29, 1.82) is 0 Å². The van der Waals surface area contributed by atoms with Crippen LogP contribution in [-0.4, -0.2) is 35.1 Å². The zero-order valence-corrected chi connectivity index (χ0v) is 21.0. The summed E-state index contributed by atoms with van der Waals surface area (Å²) >= 11 is 6.31. The summed E-state index contributed by atoms with van der Waals surface area (Å²) < 4.78 is 11.0. The molecule has 1 amide bonds.